The second-order valence-corrected chi connectivity index (χ2v) is 38.1. The van der Waals surface area contributed by atoms with E-state index < -0.39 is 23.1 Å². The number of carbonyl (C=O) groups is 4. The Labute approximate surface area is 696 Å². The second-order valence-electron chi connectivity index (χ2n) is 29.3. The highest BCUT2D eigenvalue weighted by molar-refractivity contribution is 7.24. The maximum absolute atomic E-state index is 17.2. The van der Waals surface area contributed by atoms with Gasteiger partial charge in [-0.1, -0.05) is 132 Å². The average molecular weight is 1670 g/mol. The van der Waals surface area contributed by atoms with Gasteiger partial charge in [0.15, 0.2) is 11.7 Å². The first-order chi connectivity index (χ1) is 55.3. The van der Waals surface area contributed by atoms with Gasteiger partial charge in [0.25, 0.3) is 23.6 Å². The molecule has 0 saturated carbocycles. The normalized spacial score (nSPS) is 16.6. The van der Waals surface area contributed by atoms with Gasteiger partial charge < -0.3 is 19.6 Å². The van der Waals surface area contributed by atoms with E-state index in [2.05, 4.69) is 55.4 Å². The molecule has 24 heteroatoms. The number of nitrogens with zero attached hydrogens (tertiary/aromatic N) is 8. The number of fused-ring (bicyclic) bond motifs is 2. The summed E-state index contributed by atoms with van der Waals surface area (Å²) < 4.78 is 37.3. The predicted molar refractivity (Wildman–Crippen MR) is 467 cm³/mol. The van der Waals surface area contributed by atoms with Gasteiger partial charge >= 0.3 is 0 Å². The minimum atomic E-state index is -1.25. The van der Waals surface area contributed by atoms with Crippen molar-refractivity contribution in [1.82, 2.24) is 19.6 Å². The van der Waals surface area contributed by atoms with Crippen LogP contribution in [0.15, 0.2) is 131 Å². The lowest BCUT2D eigenvalue weighted by molar-refractivity contribution is -0.124. The Kier molecular flexibility index (Phi) is 26.5. The summed E-state index contributed by atoms with van der Waals surface area (Å²) >= 11 is 10.8. The van der Waals surface area contributed by atoms with Crippen LogP contribution in [0.25, 0.3) is 76.7 Å². The summed E-state index contributed by atoms with van der Waals surface area (Å²) in [4.78, 5) is 77.9. The highest BCUT2D eigenvalue weighted by Gasteiger charge is 2.52. The quantitative estimate of drug-likeness (QED) is 0.0368. The molecule has 14 nitrogen and oxygen atoms in total. The van der Waals surface area contributed by atoms with E-state index in [0.717, 1.165) is 141 Å². The molecule has 0 fully saturated rings. The van der Waals surface area contributed by atoms with Gasteiger partial charge in [-0.15, -0.1) is 90.7 Å². The number of rotatable bonds is 34. The van der Waals surface area contributed by atoms with E-state index in [1.54, 1.807) is 36.4 Å². The maximum Gasteiger partial charge on any atom is 0.261 e. The number of nitriles is 4. The van der Waals surface area contributed by atoms with Crippen molar-refractivity contribution in [3.63, 3.8) is 0 Å². The molecular weight excluding hydrogens is 1580 g/mol. The van der Waals surface area contributed by atoms with E-state index in [-0.39, 0.29) is 79.3 Å². The predicted octanol–water partition coefficient (Wildman–Crippen LogP) is 21.2. The summed E-state index contributed by atoms with van der Waals surface area (Å²) in [5.41, 5.74) is 2.25. The zero-order valence-corrected chi connectivity index (χ0v) is 71.6. The minimum Gasteiger partial charge on any atom is -0.306 e. The molecule has 8 aromatic rings. The summed E-state index contributed by atoms with van der Waals surface area (Å²) in [6.07, 6.45) is 18.9. The van der Waals surface area contributed by atoms with Crippen molar-refractivity contribution >= 4 is 183 Å². The van der Waals surface area contributed by atoms with Crippen LogP contribution in [0.5, 0.6) is 0 Å². The highest BCUT2D eigenvalue weighted by Crippen LogP contribution is 2.54. The van der Waals surface area contributed by atoms with E-state index in [1.807, 2.05) is 117 Å². The number of hydrogen-bond acceptors (Lipinski definition) is 18. The van der Waals surface area contributed by atoms with Crippen molar-refractivity contribution in [2.45, 2.75) is 158 Å². The Balaban J connectivity index is 0.833. The molecule has 4 amide bonds. The van der Waals surface area contributed by atoms with Gasteiger partial charge in [-0.25, -0.2) is 8.78 Å². The third-order valence-corrected chi connectivity index (χ3v) is 31.0. The Morgan fingerprint density at radius 1 is 0.351 bits per heavy atom. The largest absolute Gasteiger partial charge is 0.306 e. The molecule has 4 unspecified atom stereocenters. The lowest BCUT2D eigenvalue weighted by Gasteiger charge is -2.29. The molecule has 0 spiro atoms. The number of nitrogens with one attached hydrogen (secondary N) is 2. The monoisotopic (exact) mass is 1670 g/mol. The number of thiophene rings is 8. The molecule has 4 aliphatic heterocycles. The zero-order valence-electron chi connectivity index (χ0n) is 65.1. The number of amides is 4. The smallest absolute Gasteiger partial charge is 0.261 e. The summed E-state index contributed by atoms with van der Waals surface area (Å²) in [7, 11) is 0. The van der Waals surface area contributed by atoms with Crippen LogP contribution >= 0.6 is 90.7 Å². The molecule has 12 heterocycles. The van der Waals surface area contributed by atoms with Crippen LogP contribution in [0.1, 0.15) is 197 Å². The molecule has 584 valence electrons. The van der Waals surface area contributed by atoms with Gasteiger partial charge in [0.2, 0.25) is 0 Å². The molecule has 8 aromatic heterocycles. The van der Waals surface area contributed by atoms with E-state index >= 15 is 28.0 Å². The number of carbonyl (C=O) groups excluding carboxylic acids is 4. The van der Waals surface area contributed by atoms with E-state index in [1.165, 1.54) is 90.7 Å². The first-order valence-corrected chi connectivity index (χ1v) is 45.9. The van der Waals surface area contributed by atoms with Crippen LogP contribution in [0, 0.1) is 79.8 Å². The number of allylic oxidation sites excluding steroid dienone is 4. The number of hydrogen-bond donors (Lipinski definition) is 2. The van der Waals surface area contributed by atoms with Crippen LogP contribution in [-0.4, -0.2) is 80.8 Å². The second kappa shape index (κ2) is 36.6. The topological polar surface area (TPSA) is 224 Å². The lowest BCUT2D eigenvalue weighted by atomic mass is 9.91. The fourth-order valence-electron chi connectivity index (χ4n) is 15.6. The van der Waals surface area contributed by atoms with E-state index in [0.29, 0.717) is 99.8 Å². The fourth-order valence-corrected chi connectivity index (χ4v) is 24.0. The first-order valence-electron chi connectivity index (χ1n) is 39.4. The van der Waals surface area contributed by atoms with Crippen LogP contribution < -0.4 is 18.1 Å². The summed E-state index contributed by atoms with van der Waals surface area (Å²) in [6, 6.07) is 37.7. The van der Waals surface area contributed by atoms with Gasteiger partial charge in [0, 0.05) is 74.3 Å². The summed E-state index contributed by atoms with van der Waals surface area (Å²) in [5.74, 6) is -2.80. The van der Waals surface area contributed by atoms with Crippen LogP contribution in [0.4, 0.5) is 8.78 Å². The number of unbranched alkanes of at least 4 members (excludes halogenated alkanes) is 4. The molecule has 4 atom stereocenters. The molecule has 0 saturated heterocycles. The third-order valence-electron chi connectivity index (χ3n) is 22.0. The molecule has 114 heavy (non-hydrogen) atoms. The van der Waals surface area contributed by atoms with E-state index in [9.17, 15) is 31.9 Å². The molecule has 5 aliphatic rings. The molecule has 0 bridgehead atoms. The standard InChI is InChI=1S/C90H88F2N10O4S8/c1-9-17-21-51(13-5)47-99-83(69-31-27-59(109-69)41-57-25-29-61(107-57)55(43-93)44-94)75-77(89(99)105)85(101(87(75)103)49-53(15-7)23-19-11-3)71-39-35-65(113-71)63-33-37-67(111-63)73-79(91)80(92)74(82(98)81(73)97)68-38-34-64(112-68)66-36-40-72(114-66)86-78-76(88(104)102(86)50-54(16-8)24-20-12-4)84(100(90(78)106)48-52(14-6)22-18-10-2)70-32-28-60(110-70)42-58-26-30-62(108-58)56(45-95)46-96/h25-42,51-54,97-98H,9-24,47-50H2,1-8H3/b57-41+,58-42+,97-81?,98-82?. The SMILES string of the molecule is CCCCC(CC)CN1C(=O)C2=C(c3ccc(-c4ccc(C5=C(F)C(F)=C(c6ccc(-c7ccc(C8=C9C(=O)N(CC(CC)CCCC)C(c%10ccc(/C=c%11\ccc(=C(C#N)C#N)s%11)s%10)=C9C(=O)N8CC(CC)CCCC)s7)s6)C(=N)C5=N)s4)s3)N(CC(CC)CCCC)C(=O)C2=C1c1ccc(/C=c2\ccc(=C(C#N)C#N)s2)s1. The fraction of sp³-hybridized carbons (Fsp3) is 0.356. The molecule has 2 N–H and O–H groups in total. The first kappa shape index (κ1) is 82.5. The van der Waals surface area contributed by atoms with Crippen molar-refractivity contribution in [3.8, 4) is 43.8 Å². The van der Waals surface area contributed by atoms with Crippen LogP contribution in [-0.2, 0) is 19.2 Å². The third kappa shape index (κ3) is 16.3. The molecule has 13 rings (SSSR count). The molecule has 1 aliphatic carbocycles. The lowest BCUT2D eigenvalue weighted by Crippen LogP contribution is -2.34. The Morgan fingerprint density at radius 2 is 0.605 bits per heavy atom. The zero-order chi connectivity index (χ0) is 80.8. The summed E-state index contributed by atoms with van der Waals surface area (Å²) in [6.45, 7) is 18.8. The van der Waals surface area contributed by atoms with Crippen molar-refractivity contribution in [1.29, 1.82) is 31.9 Å². The van der Waals surface area contributed by atoms with Gasteiger partial charge in [0.1, 0.15) is 35.4 Å². The maximum atomic E-state index is 17.2. The minimum absolute atomic E-state index is 0.0408. The van der Waals surface area contributed by atoms with Gasteiger partial charge in [0.05, 0.1) is 96.2 Å². The molecular formula is C90H88F2N10O4S8. The van der Waals surface area contributed by atoms with Gasteiger partial charge in [-0.2, -0.15) is 21.0 Å². The summed E-state index contributed by atoms with van der Waals surface area (Å²) in [5, 5.41) is 57.2. The molecule has 0 aromatic carbocycles. The Morgan fingerprint density at radius 3 is 0.877 bits per heavy atom. The molecule has 0 radical (unpaired) electrons. The Bertz CT molecular complexity index is 5450. The van der Waals surface area contributed by atoms with Crippen LogP contribution in [0.3, 0.4) is 0 Å². The van der Waals surface area contributed by atoms with Gasteiger partial charge in [-0.05, 0) is 159 Å². The van der Waals surface area contributed by atoms with Crippen molar-refractivity contribution in [3.05, 3.63) is 188 Å². The Hall–Kier alpha value is -9.44. The number of halogens is 2. The van der Waals surface area contributed by atoms with Crippen molar-refractivity contribution < 1.29 is 28.0 Å². The van der Waals surface area contributed by atoms with Gasteiger partial charge in [-0.3, -0.25) is 30.0 Å². The van der Waals surface area contributed by atoms with Crippen LogP contribution in [0.2, 0.25) is 0 Å². The van der Waals surface area contributed by atoms with E-state index in [4.69, 9.17) is 0 Å². The highest BCUT2D eigenvalue weighted by atomic mass is 32.1. The average Bonchev–Trinajstić information content (AvgIpc) is 1.56. The van der Waals surface area contributed by atoms with Crippen molar-refractivity contribution in [2.24, 2.45) is 23.7 Å². The van der Waals surface area contributed by atoms with Crippen molar-refractivity contribution in [2.75, 3.05) is 26.2 Å².